The van der Waals surface area contributed by atoms with Gasteiger partial charge in [0, 0.05) is 45.7 Å². The van der Waals surface area contributed by atoms with Crippen molar-refractivity contribution in [3.05, 3.63) is 24.2 Å². The average Bonchev–Trinajstić information content (AvgIpc) is 3.31. The Morgan fingerprint density at radius 1 is 1.13 bits per heavy atom. The Balaban J connectivity index is 0.00000341. The van der Waals surface area contributed by atoms with Gasteiger partial charge in [0.2, 0.25) is 5.91 Å². The molecule has 2 fully saturated rings. The SMILES string of the molecule is CN=C(NCCCCN1CCC(C(N)=O)CC1)N1CCN(C(=O)c2ccco2)CC1.I. The highest BCUT2D eigenvalue weighted by molar-refractivity contribution is 14.0. The van der Waals surface area contributed by atoms with Gasteiger partial charge in [0.05, 0.1) is 6.26 Å². The maximum atomic E-state index is 12.4. The lowest BCUT2D eigenvalue weighted by molar-refractivity contribution is -0.123. The van der Waals surface area contributed by atoms with Crippen molar-refractivity contribution in [2.75, 3.05) is 59.4 Å². The predicted octanol–water partition coefficient (Wildman–Crippen LogP) is 1.21. The van der Waals surface area contributed by atoms with Crippen molar-refractivity contribution in [2.24, 2.45) is 16.6 Å². The number of likely N-dealkylation sites (tertiary alicyclic amines) is 1. The summed E-state index contributed by atoms with van der Waals surface area (Å²) < 4.78 is 5.21. The van der Waals surface area contributed by atoms with Crippen LogP contribution in [0.15, 0.2) is 27.8 Å². The zero-order valence-corrected chi connectivity index (χ0v) is 20.6. The van der Waals surface area contributed by atoms with Crippen LogP contribution in [0.3, 0.4) is 0 Å². The fourth-order valence-electron chi connectivity index (χ4n) is 4.11. The molecule has 1 aromatic rings. The second kappa shape index (κ2) is 12.9. The third-order valence-electron chi connectivity index (χ3n) is 5.98. The summed E-state index contributed by atoms with van der Waals surface area (Å²) in [5.41, 5.74) is 5.40. The van der Waals surface area contributed by atoms with E-state index in [1.54, 1.807) is 19.2 Å². The topological polar surface area (TPSA) is 107 Å². The number of halogens is 1. The Hall–Kier alpha value is -1.82. The van der Waals surface area contributed by atoms with E-state index in [0.717, 1.165) is 70.9 Å². The van der Waals surface area contributed by atoms with E-state index < -0.39 is 0 Å². The minimum Gasteiger partial charge on any atom is -0.459 e. The van der Waals surface area contributed by atoms with Crippen LogP contribution in [-0.2, 0) is 4.79 Å². The molecule has 0 radical (unpaired) electrons. The molecule has 2 amide bonds. The number of primary amides is 1. The second-order valence-electron chi connectivity index (χ2n) is 7.96. The first-order chi connectivity index (χ1) is 14.6. The van der Waals surface area contributed by atoms with Crippen LogP contribution in [0, 0.1) is 5.92 Å². The molecule has 0 atom stereocenters. The van der Waals surface area contributed by atoms with E-state index in [1.807, 2.05) is 4.90 Å². The third-order valence-corrected chi connectivity index (χ3v) is 5.98. The standard InChI is InChI=1S/C21H34N6O3.HI/c1-23-21(24-8-2-3-9-25-10-6-17(7-11-25)19(22)28)27-14-12-26(13-15-27)20(29)18-5-4-16-30-18;/h4-5,16-17H,2-3,6-15H2,1H3,(H2,22,28)(H,23,24);1H. The fraction of sp³-hybridized carbons (Fsp3) is 0.667. The van der Waals surface area contributed by atoms with Crippen LogP contribution in [0.2, 0.25) is 0 Å². The van der Waals surface area contributed by atoms with Crippen molar-refractivity contribution in [1.29, 1.82) is 0 Å². The number of guanidine groups is 1. The summed E-state index contributed by atoms with van der Waals surface area (Å²) in [5.74, 6) is 1.13. The van der Waals surface area contributed by atoms with Gasteiger partial charge >= 0.3 is 0 Å². The number of piperazine rings is 1. The highest BCUT2D eigenvalue weighted by Crippen LogP contribution is 2.16. The predicted molar refractivity (Wildman–Crippen MR) is 131 cm³/mol. The number of carbonyl (C=O) groups is 2. The summed E-state index contributed by atoms with van der Waals surface area (Å²) in [6, 6.07) is 3.44. The summed E-state index contributed by atoms with van der Waals surface area (Å²) in [4.78, 5) is 34.5. The van der Waals surface area contributed by atoms with Crippen LogP contribution in [0.25, 0.3) is 0 Å². The van der Waals surface area contributed by atoms with Gasteiger partial charge < -0.3 is 30.2 Å². The number of rotatable bonds is 7. The van der Waals surface area contributed by atoms with Crippen molar-refractivity contribution in [3.8, 4) is 0 Å². The van der Waals surface area contributed by atoms with Crippen molar-refractivity contribution < 1.29 is 14.0 Å². The van der Waals surface area contributed by atoms with E-state index in [-0.39, 0.29) is 41.7 Å². The molecule has 2 aliphatic rings. The van der Waals surface area contributed by atoms with Crippen LogP contribution in [0.1, 0.15) is 36.2 Å². The highest BCUT2D eigenvalue weighted by Gasteiger charge is 2.25. The minimum atomic E-state index is -0.156. The maximum Gasteiger partial charge on any atom is 0.289 e. The van der Waals surface area contributed by atoms with Crippen molar-refractivity contribution >= 4 is 41.8 Å². The molecule has 9 nitrogen and oxygen atoms in total. The smallest absolute Gasteiger partial charge is 0.289 e. The number of aliphatic imine (C=N–C) groups is 1. The number of amides is 2. The number of carbonyl (C=O) groups excluding carboxylic acids is 2. The Morgan fingerprint density at radius 3 is 2.39 bits per heavy atom. The molecule has 0 saturated carbocycles. The van der Waals surface area contributed by atoms with Gasteiger partial charge in [-0.2, -0.15) is 0 Å². The van der Waals surface area contributed by atoms with Gasteiger partial charge in [-0.15, -0.1) is 24.0 Å². The lowest BCUT2D eigenvalue weighted by Crippen LogP contribution is -2.53. The van der Waals surface area contributed by atoms with Crippen LogP contribution in [0.4, 0.5) is 0 Å². The van der Waals surface area contributed by atoms with Gasteiger partial charge in [0.1, 0.15) is 0 Å². The van der Waals surface area contributed by atoms with Gasteiger partial charge in [0.25, 0.3) is 5.91 Å². The van der Waals surface area contributed by atoms with Gasteiger partial charge in [-0.05, 0) is 57.5 Å². The van der Waals surface area contributed by atoms with E-state index in [9.17, 15) is 9.59 Å². The molecule has 3 rings (SSSR count). The summed E-state index contributed by atoms with van der Waals surface area (Å²) in [7, 11) is 1.80. The largest absolute Gasteiger partial charge is 0.459 e. The Labute approximate surface area is 201 Å². The first kappa shape index (κ1) is 25.4. The van der Waals surface area contributed by atoms with Crippen LogP contribution in [0.5, 0.6) is 0 Å². The van der Waals surface area contributed by atoms with E-state index in [0.29, 0.717) is 18.8 Å². The molecule has 0 aromatic carbocycles. The molecular formula is C21H35IN6O3. The van der Waals surface area contributed by atoms with E-state index in [4.69, 9.17) is 10.2 Å². The van der Waals surface area contributed by atoms with Gasteiger partial charge in [-0.25, -0.2) is 0 Å². The first-order valence-electron chi connectivity index (χ1n) is 10.9. The van der Waals surface area contributed by atoms with Crippen LogP contribution < -0.4 is 11.1 Å². The molecular weight excluding hydrogens is 511 g/mol. The van der Waals surface area contributed by atoms with Crippen LogP contribution >= 0.6 is 24.0 Å². The number of nitrogens with one attached hydrogen (secondary N) is 1. The number of nitrogens with zero attached hydrogens (tertiary/aromatic N) is 4. The summed E-state index contributed by atoms with van der Waals surface area (Å²) in [6.45, 7) is 6.66. The lowest BCUT2D eigenvalue weighted by Gasteiger charge is -2.36. The molecule has 0 unspecified atom stereocenters. The normalized spacial score (nSPS) is 18.5. The molecule has 31 heavy (non-hydrogen) atoms. The fourth-order valence-corrected chi connectivity index (χ4v) is 4.11. The maximum absolute atomic E-state index is 12.4. The quantitative estimate of drug-likeness (QED) is 0.231. The molecule has 3 N–H and O–H groups in total. The Kier molecular flexibility index (Phi) is 10.6. The molecule has 0 aliphatic carbocycles. The average molecular weight is 546 g/mol. The number of piperidine rings is 1. The van der Waals surface area contributed by atoms with Crippen molar-refractivity contribution in [1.82, 2.24) is 20.0 Å². The van der Waals surface area contributed by atoms with Gasteiger partial charge in [-0.1, -0.05) is 0 Å². The third kappa shape index (κ3) is 7.37. The molecule has 174 valence electrons. The second-order valence-corrected chi connectivity index (χ2v) is 7.96. The van der Waals surface area contributed by atoms with E-state index in [2.05, 4.69) is 20.1 Å². The van der Waals surface area contributed by atoms with E-state index >= 15 is 0 Å². The number of hydrogen-bond acceptors (Lipinski definition) is 5. The number of nitrogens with two attached hydrogens (primary N) is 1. The van der Waals surface area contributed by atoms with Crippen molar-refractivity contribution in [2.45, 2.75) is 25.7 Å². The Morgan fingerprint density at radius 2 is 1.81 bits per heavy atom. The molecule has 0 spiro atoms. The van der Waals surface area contributed by atoms with Crippen molar-refractivity contribution in [3.63, 3.8) is 0 Å². The van der Waals surface area contributed by atoms with Gasteiger partial charge in [-0.3, -0.25) is 14.6 Å². The van der Waals surface area contributed by atoms with E-state index in [1.165, 1.54) is 6.26 Å². The highest BCUT2D eigenvalue weighted by atomic mass is 127. The first-order valence-corrected chi connectivity index (χ1v) is 10.9. The zero-order valence-electron chi connectivity index (χ0n) is 18.3. The monoisotopic (exact) mass is 546 g/mol. The number of furan rings is 1. The molecule has 2 saturated heterocycles. The molecule has 0 bridgehead atoms. The summed E-state index contributed by atoms with van der Waals surface area (Å²) in [5, 5.41) is 3.44. The zero-order chi connectivity index (χ0) is 21.3. The minimum absolute atomic E-state index is 0. The Bertz CT molecular complexity index is 711. The lowest BCUT2D eigenvalue weighted by atomic mass is 9.96. The van der Waals surface area contributed by atoms with Crippen LogP contribution in [-0.4, -0.2) is 91.9 Å². The number of hydrogen-bond donors (Lipinski definition) is 2. The molecule has 3 heterocycles. The van der Waals surface area contributed by atoms with Gasteiger partial charge in [0.15, 0.2) is 11.7 Å². The molecule has 10 heteroatoms. The molecule has 1 aromatic heterocycles. The summed E-state index contributed by atoms with van der Waals surface area (Å²) >= 11 is 0. The summed E-state index contributed by atoms with van der Waals surface area (Å²) in [6.07, 6.45) is 5.46. The molecule has 2 aliphatic heterocycles. The number of unbranched alkanes of at least 4 members (excludes halogenated alkanes) is 1.